The molecule has 3 nitrogen and oxygen atoms in total. The number of fused-ring (bicyclic) bond motifs is 1. The fourth-order valence-corrected chi connectivity index (χ4v) is 3.32. The van der Waals surface area contributed by atoms with E-state index in [1.165, 1.54) is 5.56 Å². The zero-order valence-corrected chi connectivity index (χ0v) is 13.4. The van der Waals surface area contributed by atoms with Gasteiger partial charge in [0.2, 0.25) is 5.91 Å². The van der Waals surface area contributed by atoms with Gasteiger partial charge in [-0.1, -0.05) is 53.5 Å². The number of halogens is 2. The maximum absolute atomic E-state index is 12.0. The molecule has 0 bridgehead atoms. The van der Waals surface area contributed by atoms with Crippen molar-refractivity contribution in [2.45, 2.75) is 19.0 Å². The quantitative estimate of drug-likeness (QED) is 0.932. The Balaban J connectivity index is 1.90. The number of amides is 1. The van der Waals surface area contributed by atoms with E-state index in [-0.39, 0.29) is 5.91 Å². The standard InChI is InChI=1S/C17H16Cl2N2O/c18-14-6-5-11(9-15(14)19)10-21-8-7-12-3-1-2-4-13(12)16(21)17(20)22/h1-6,9,16H,7-8,10H2,(H2,20,22). The van der Waals surface area contributed by atoms with Crippen molar-refractivity contribution in [1.29, 1.82) is 0 Å². The van der Waals surface area contributed by atoms with Crippen molar-refractivity contribution >= 4 is 29.1 Å². The molecule has 2 aromatic carbocycles. The van der Waals surface area contributed by atoms with Crippen LogP contribution in [0, 0.1) is 0 Å². The summed E-state index contributed by atoms with van der Waals surface area (Å²) in [4.78, 5) is 14.1. The minimum atomic E-state index is -0.403. The number of rotatable bonds is 3. The van der Waals surface area contributed by atoms with E-state index >= 15 is 0 Å². The Morgan fingerprint density at radius 3 is 2.68 bits per heavy atom. The van der Waals surface area contributed by atoms with Crippen LogP contribution in [0.3, 0.4) is 0 Å². The number of nitrogens with two attached hydrogens (primary N) is 1. The zero-order valence-electron chi connectivity index (χ0n) is 11.9. The highest BCUT2D eigenvalue weighted by Crippen LogP contribution is 2.31. The normalized spacial score (nSPS) is 18.0. The SMILES string of the molecule is NC(=O)C1c2ccccc2CCN1Cc1ccc(Cl)c(Cl)c1. The molecule has 0 aliphatic carbocycles. The maximum atomic E-state index is 12.0. The van der Waals surface area contributed by atoms with Crippen LogP contribution < -0.4 is 5.73 Å². The van der Waals surface area contributed by atoms with Crippen LogP contribution in [0.5, 0.6) is 0 Å². The van der Waals surface area contributed by atoms with E-state index in [2.05, 4.69) is 11.0 Å². The summed E-state index contributed by atoms with van der Waals surface area (Å²) in [6, 6.07) is 13.1. The molecule has 1 aliphatic heterocycles. The highest BCUT2D eigenvalue weighted by Gasteiger charge is 2.31. The van der Waals surface area contributed by atoms with Crippen LogP contribution in [-0.4, -0.2) is 17.4 Å². The van der Waals surface area contributed by atoms with Crippen LogP contribution in [-0.2, 0) is 17.8 Å². The van der Waals surface area contributed by atoms with Gasteiger partial charge in [0.1, 0.15) is 6.04 Å². The van der Waals surface area contributed by atoms with Crippen molar-refractivity contribution in [2.24, 2.45) is 5.73 Å². The molecule has 2 N–H and O–H groups in total. The fraction of sp³-hybridized carbons (Fsp3) is 0.235. The topological polar surface area (TPSA) is 46.3 Å². The molecule has 114 valence electrons. The molecule has 22 heavy (non-hydrogen) atoms. The van der Waals surface area contributed by atoms with Gasteiger partial charge in [0.15, 0.2) is 0 Å². The van der Waals surface area contributed by atoms with E-state index in [1.54, 1.807) is 6.07 Å². The first-order chi connectivity index (χ1) is 10.6. The molecule has 1 unspecified atom stereocenters. The van der Waals surface area contributed by atoms with Gasteiger partial charge < -0.3 is 5.73 Å². The van der Waals surface area contributed by atoms with Gasteiger partial charge in [0.05, 0.1) is 10.0 Å². The molecule has 1 atom stereocenters. The van der Waals surface area contributed by atoms with Crippen LogP contribution in [0.2, 0.25) is 10.0 Å². The number of nitrogens with zero attached hydrogens (tertiary/aromatic N) is 1. The largest absolute Gasteiger partial charge is 0.368 e. The summed E-state index contributed by atoms with van der Waals surface area (Å²) < 4.78 is 0. The lowest BCUT2D eigenvalue weighted by Crippen LogP contribution is -2.42. The predicted octanol–water partition coefficient (Wildman–Crippen LogP) is 3.58. The smallest absolute Gasteiger partial charge is 0.239 e. The van der Waals surface area contributed by atoms with Gasteiger partial charge in [-0.25, -0.2) is 0 Å². The third kappa shape index (κ3) is 2.98. The predicted molar refractivity (Wildman–Crippen MR) is 89.0 cm³/mol. The van der Waals surface area contributed by atoms with Crippen molar-refractivity contribution < 1.29 is 4.79 Å². The van der Waals surface area contributed by atoms with Crippen molar-refractivity contribution in [3.8, 4) is 0 Å². The lowest BCUT2D eigenvalue weighted by molar-refractivity contribution is -0.124. The molecule has 0 aromatic heterocycles. The fourth-order valence-electron chi connectivity index (χ4n) is 2.99. The van der Waals surface area contributed by atoms with E-state index in [0.717, 1.165) is 24.1 Å². The summed E-state index contributed by atoms with van der Waals surface area (Å²) in [7, 11) is 0. The first-order valence-corrected chi connectivity index (χ1v) is 7.87. The molecule has 2 aromatic rings. The summed E-state index contributed by atoms with van der Waals surface area (Å²) in [6.45, 7) is 1.39. The second-order valence-corrected chi connectivity index (χ2v) is 6.29. The van der Waals surface area contributed by atoms with Gasteiger partial charge in [-0.05, 0) is 35.2 Å². The van der Waals surface area contributed by atoms with Crippen LogP contribution in [0.25, 0.3) is 0 Å². The minimum Gasteiger partial charge on any atom is -0.368 e. The first-order valence-electron chi connectivity index (χ1n) is 7.11. The summed E-state index contributed by atoms with van der Waals surface area (Å²) in [6.07, 6.45) is 0.904. The van der Waals surface area contributed by atoms with Crippen molar-refractivity contribution in [1.82, 2.24) is 4.90 Å². The number of hydrogen-bond acceptors (Lipinski definition) is 2. The lowest BCUT2D eigenvalue weighted by Gasteiger charge is -2.35. The average molecular weight is 335 g/mol. The average Bonchev–Trinajstić information content (AvgIpc) is 2.50. The molecule has 0 radical (unpaired) electrons. The number of hydrogen-bond donors (Lipinski definition) is 1. The number of primary amides is 1. The maximum Gasteiger partial charge on any atom is 0.239 e. The molecule has 0 fully saturated rings. The Hall–Kier alpha value is -1.55. The Kier molecular flexibility index (Phi) is 4.39. The molecule has 1 amide bonds. The molecule has 1 heterocycles. The van der Waals surface area contributed by atoms with Crippen LogP contribution in [0.15, 0.2) is 42.5 Å². The third-order valence-electron chi connectivity index (χ3n) is 4.02. The van der Waals surface area contributed by atoms with Gasteiger partial charge >= 0.3 is 0 Å². The zero-order chi connectivity index (χ0) is 15.7. The molecule has 0 saturated heterocycles. The molecule has 3 rings (SSSR count). The Morgan fingerprint density at radius 1 is 1.18 bits per heavy atom. The van der Waals surface area contributed by atoms with E-state index in [1.807, 2.05) is 30.3 Å². The monoisotopic (exact) mass is 334 g/mol. The second kappa shape index (κ2) is 6.29. The number of benzene rings is 2. The second-order valence-electron chi connectivity index (χ2n) is 5.47. The van der Waals surface area contributed by atoms with Gasteiger partial charge in [-0.3, -0.25) is 9.69 Å². The number of carbonyl (C=O) groups excluding carboxylic acids is 1. The van der Waals surface area contributed by atoms with Gasteiger partial charge in [0, 0.05) is 13.1 Å². The number of carbonyl (C=O) groups is 1. The van der Waals surface area contributed by atoms with Crippen LogP contribution in [0.4, 0.5) is 0 Å². The van der Waals surface area contributed by atoms with Gasteiger partial charge in [-0.2, -0.15) is 0 Å². The minimum absolute atomic E-state index is 0.327. The Morgan fingerprint density at radius 2 is 1.95 bits per heavy atom. The summed E-state index contributed by atoms with van der Waals surface area (Å²) in [5, 5.41) is 1.05. The molecule has 0 saturated carbocycles. The molecule has 1 aliphatic rings. The Bertz CT molecular complexity index is 718. The van der Waals surface area contributed by atoms with Crippen molar-refractivity contribution in [3.05, 3.63) is 69.2 Å². The molecule has 5 heteroatoms. The van der Waals surface area contributed by atoms with E-state index < -0.39 is 6.04 Å². The van der Waals surface area contributed by atoms with Crippen molar-refractivity contribution in [3.63, 3.8) is 0 Å². The summed E-state index contributed by atoms with van der Waals surface area (Å²) in [5.41, 5.74) is 8.86. The van der Waals surface area contributed by atoms with Gasteiger partial charge in [-0.15, -0.1) is 0 Å². The van der Waals surface area contributed by atoms with E-state index in [9.17, 15) is 4.79 Å². The highest BCUT2D eigenvalue weighted by atomic mass is 35.5. The first kappa shape index (κ1) is 15.3. The lowest BCUT2D eigenvalue weighted by atomic mass is 9.92. The molecular formula is C17H16Cl2N2O. The van der Waals surface area contributed by atoms with Crippen LogP contribution >= 0.6 is 23.2 Å². The van der Waals surface area contributed by atoms with Crippen LogP contribution in [0.1, 0.15) is 22.7 Å². The molecular weight excluding hydrogens is 319 g/mol. The third-order valence-corrected chi connectivity index (χ3v) is 4.76. The summed E-state index contributed by atoms with van der Waals surface area (Å²) in [5.74, 6) is -0.327. The van der Waals surface area contributed by atoms with Gasteiger partial charge in [0.25, 0.3) is 0 Å². The van der Waals surface area contributed by atoms with E-state index in [4.69, 9.17) is 28.9 Å². The summed E-state index contributed by atoms with van der Waals surface area (Å²) >= 11 is 12.0. The Labute approximate surface area is 139 Å². The van der Waals surface area contributed by atoms with Crippen molar-refractivity contribution in [2.75, 3.05) is 6.54 Å². The highest BCUT2D eigenvalue weighted by molar-refractivity contribution is 6.42. The molecule has 0 spiro atoms. The van der Waals surface area contributed by atoms with E-state index in [0.29, 0.717) is 16.6 Å².